The number of hydrogen-bond donors (Lipinski definition) is 0. The van der Waals surface area contributed by atoms with E-state index in [2.05, 4.69) is 24.8 Å². The van der Waals surface area contributed by atoms with E-state index in [1.807, 2.05) is 4.90 Å². The van der Waals surface area contributed by atoms with Gasteiger partial charge in [-0.15, -0.1) is 0 Å². The molecule has 4 heterocycles. The number of amides is 1. The SMILES string of the molecule is O=C1C[C@H]2[C@H](CCN2c2ncccn2)N1c1cncnc1. The number of nitrogens with zero attached hydrogens (tertiary/aromatic N) is 6. The Morgan fingerprint density at radius 2 is 1.86 bits per heavy atom. The molecular weight excluding hydrogens is 268 g/mol. The molecule has 1 amide bonds. The fourth-order valence-corrected chi connectivity index (χ4v) is 3.29. The molecule has 0 N–H and O–H groups in total. The van der Waals surface area contributed by atoms with Crippen LogP contribution in [0.3, 0.4) is 0 Å². The van der Waals surface area contributed by atoms with Gasteiger partial charge in [0, 0.05) is 25.4 Å². The van der Waals surface area contributed by atoms with Gasteiger partial charge < -0.3 is 9.80 Å². The first-order chi connectivity index (χ1) is 10.3. The lowest BCUT2D eigenvalue weighted by Crippen LogP contribution is -2.38. The maximum absolute atomic E-state index is 12.4. The van der Waals surface area contributed by atoms with Gasteiger partial charge in [-0.3, -0.25) is 4.79 Å². The maximum Gasteiger partial charge on any atom is 0.229 e. The highest BCUT2D eigenvalue weighted by molar-refractivity contribution is 5.97. The molecule has 0 aromatic carbocycles. The van der Waals surface area contributed by atoms with Crippen molar-refractivity contribution < 1.29 is 4.79 Å². The van der Waals surface area contributed by atoms with E-state index in [1.165, 1.54) is 6.33 Å². The molecule has 2 aromatic heterocycles. The molecular formula is C14H14N6O. The fourth-order valence-electron chi connectivity index (χ4n) is 3.29. The Balaban J connectivity index is 1.65. The molecule has 106 valence electrons. The van der Waals surface area contributed by atoms with Gasteiger partial charge in [0.15, 0.2) is 0 Å². The van der Waals surface area contributed by atoms with Gasteiger partial charge in [-0.25, -0.2) is 19.9 Å². The molecule has 2 saturated heterocycles. The Kier molecular flexibility index (Phi) is 2.77. The van der Waals surface area contributed by atoms with Crippen LogP contribution < -0.4 is 9.80 Å². The fraction of sp³-hybridized carbons (Fsp3) is 0.357. The lowest BCUT2D eigenvalue weighted by Gasteiger charge is -2.24. The van der Waals surface area contributed by atoms with E-state index < -0.39 is 0 Å². The Morgan fingerprint density at radius 3 is 2.62 bits per heavy atom. The summed E-state index contributed by atoms with van der Waals surface area (Å²) in [7, 11) is 0. The molecule has 21 heavy (non-hydrogen) atoms. The molecule has 0 radical (unpaired) electrons. The van der Waals surface area contributed by atoms with Gasteiger partial charge in [0.2, 0.25) is 11.9 Å². The van der Waals surface area contributed by atoms with Gasteiger partial charge in [0.25, 0.3) is 0 Å². The Hall–Kier alpha value is -2.57. The van der Waals surface area contributed by atoms with Crippen molar-refractivity contribution in [3.05, 3.63) is 37.2 Å². The van der Waals surface area contributed by atoms with E-state index in [1.54, 1.807) is 30.9 Å². The zero-order chi connectivity index (χ0) is 14.2. The minimum absolute atomic E-state index is 0.112. The summed E-state index contributed by atoms with van der Waals surface area (Å²) in [4.78, 5) is 33.0. The minimum Gasteiger partial charge on any atom is -0.335 e. The number of hydrogen-bond acceptors (Lipinski definition) is 6. The first-order valence-corrected chi connectivity index (χ1v) is 6.95. The summed E-state index contributed by atoms with van der Waals surface area (Å²) in [5.41, 5.74) is 0.769. The number of anilines is 2. The van der Waals surface area contributed by atoms with E-state index in [4.69, 9.17) is 0 Å². The highest BCUT2D eigenvalue weighted by Gasteiger charge is 2.48. The van der Waals surface area contributed by atoms with Crippen molar-refractivity contribution in [3.8, 4) is 0 Å². The summed E-state index contributed by atoms with van der Waals surface area (Å²) in [6.07, 6.45) is 9.70. The van der Waals surface area contributed by atoms with Crippen molar-refractivity contribution >= 4 is 17.5 Å². The van der Waals surface area contributed by atoms with E-state index >= 15 is 0 Å². The summed E-state index contributed by atoms with van der Waals surface area (Å²) in [6, 6.07) is 2.07. The van der Waals surface area contributed by atoms with Crippen LogP contribution in [0, 0.1) is 0 Å². The molecule has 4 rings (SSSR count). The smallest absolute Gasteiger partial charge is 0.229 e. The average molecular weight is 282 g/mol. The number of rotatable bonds is 2. The van der Waals surface area contributed by atoms with Gasteiger partial charge in [-0.1, -0.05) is 0 Å². The average Bonchev–Trinajstić information content (AvgIpc) is 3.06. The van der Waals surface area contributed by atoms with Gasteiger partial charge in [-0.05, 0) is 12.5 Å². The highest BCUT2D eigenvalue weighted by Crippen LogP contribution is 2.36. The highest BCUT2D eigenvalue weighted by atomic mass is 16.2. The summed E-state index contributed by atoms with van der Waals surface area (Å²) >= 11 is 0. The van der Waals surface area contributed by atoms with Crippen LogP contribution in [0.15, 0.2) is 37.2 Å². The topological polar surface area (TPSA) is 75.1 Å². The molecule has 0 saturated carbocycles. The summed E-state index contributed by atoms with van der Waals surface area (Å²) < 4.78 is 0. The van der Waals surface area contributed by atoms with Crippen molar-refractivity contribution in [2.75, 3.05) is 16.3 Å². The van der Waals surface area contributed by atoms with Crippen molar-refractivity contribution in [2.24, 2.45) is 0 Å². The lowest BCUT2D eigenvalue weighted by molar-refractivity contribution is -0.117. The quantitative estimate of drug-likeness (QED) is 0.805. The van der Waals surface area contributed by atoms with E-state index in [9.17, 15) is 4.79 Å². The van der Waals surface area contributed by atoms with Crippen LogP contribution in [0.25, 0.3) is 0 Å². The second kappa shape index (κ2) is 4.76. The summed E-state index contributed by atoms with van der Waals surface area (Å²) in [5, 5.41) is 0. The molecule has 7 heteroatoms. The molecule has 2 aromatic rings. The van der Waals surface area contributed by atoms with E-state index in [0.717, 1.165) is 18.7 Å². The first-order valence-electron chi connectivity index (χ1n) is 6.95. The second-order valence-corrected chi connectivity index (χ2v) is 5.23. The summed E-state index contributed by atoms with van der Waals surface area (Å²) in [6.45, 7) is 0.858. The molecule has 2 atom stereocenters. The minimum atomic E-state index is 0.112. The van der Waals surface area contributed by atoms with Gasteiger partial charge >= 0.3 is 0 Å². The zero-order valence-electron chi connectivity index (χ0n) is 11.3. The third kappa shape index (κ3) is 1.93. The van der Waals surface area contributed by atoms with Crippen LogP contribution in [0.4, 0.5) is 11.6 Å². The number of carbonyl (C=O) groups is 1. The van der Waals surface area contributed by atoms with Gasteiger partial charge in [0.05, 0.1) is 30.2 Å². The molecule has 0 unspecified atom stereocenters. The van der Waals surface area contributed by atoms with Crippen molar-refractivity contribution in [3.63, 3.8) is 0 Å². The van der Waals surface area contributed by atoms with Crippen LogP contribution in [-0.4, -0.2) is 44.5 Å². The Bertz CT molecular complexity index is 649. The first kappa shape index (κ1) is 12.2. The third-order valence-electron chi connectivity index (χ3n) is 4.13. The van der Waals surface area contributed by atoms with Gasteiger partial charge in [0.1, 0.15) is 6.33 Å². The molecule has 0 aliphatic carbocycles. The zero-order valence-corrected chi connectivity index (χ0v) is 11.3. The molecule has 7 nitrogen and oxygen atoms in total. The lowest BCUT2D eigenvalue weighted by atomic mass is 10.1. The normalized spacial score (nSPS) is 24.5. The second-order valence-electron chi connectivity index (χ2n) is 5.23. The standard InChI is InChI=1S/C14H14N6O/c21-13-6-12-11(20(13)10-7-15-9-16-8-10)2-5-19(12)14-17-3-1-4-18-14/h1,3-4,7-9,11-12H,2,5-6H2/t11-,12-/m0/s1. The van der Waals surface area contributed by atoms with Crippen LogP contribution >= 0.6 is 0 Å². The Morgan fingerprint density at radius 1 is 1.10 bits per heavy atom. The van der Waals surface area contributed by atoms with Gasteiger partial charge in [-0.2, -0.15) is 0 Å². The van der Waals surface area contributed by atoms with Crippen LogP contribution in [0.2, 0.25) is 0 Å². The monoisotopic (exact) mass is 282 g/mol. The third-order valence-corrected chi connectivity index (χ3v) is 4.13. The van der Waals surface area contributed by atoms with Crippen molar-refractivity contribution in [1.82, 2.24) is 19.9 Å². The van der Waals surface area contributed by atoms with E-state index in [0.29, 0.717) is 12.4 Å². The molecule has 2 aliphatic rings. The number of fused-ring (bicyclic) bond motifs is 1. The Labute approximate surface area is 121 Å². The summed E-state index contributed by atoms with van der Waals surface area (Å²) in [5.74, 6) is 0.810. The molecule has 2 fully saturated rings. The van der Waals surface area contributed by atoms with Crippen LogP contribution in [0.5, 0.6) is 0 Å². The van der Waals surface area contributed by atoms with E-state index in [-0.39, 0.29) is 18.0 Å². The van der Waals surface area contributed by atoms with Crippen molar-refractivity contribution in [2.45, 2.75) is 24.9 Å². The number of aromatic nitrogens is 4. The number of carbonyl (C=O) groups excluding carboxylic acids is 1. The van der Waals surface area contributed by atoms with Crippen molar-refractivity contribution in [1.29, 1.82) is 0 Å². The molecule has 0 spiro atoms. The molecule has 0 bridgehead atoms. The largest absolute Gasteiger partial charge is 0.335 e. The predicted octanol–water partition coefficient (Wildman–Crippen LogP) is 0.651. The maximum atomic E-state index is 12.4. The van der Waals surface area contributed by atoms with Crippen LogP contribution in [0.1, 0.15) is 12.8 Å². The predicted molar refractivity (Wildman–Crippen MR) is 75.7 cm³/mol. The molecule has 2 aliphatic heterocycles. The van der Waals surface area contributed by atoms with Crippen LogP contribution in [-0.2, 0) is 4.79 Å².